The monoisotopic (exact) mass is 418 g/mol. The van der Waals surface area contributed by atoms with Gasteiger partial charge in [0.2, 0.25) is 5.91 Å². The van der Waals surface area contributed by atoms with Gasteiger partial charge in [-0.1, -0.05) is 18.5 Å². The minimum Gasteiger partial charge on any atom is -0.366 e. The Morgan fingerprint density at radius 3 is 2.66 bits per heavy atom. The van der Waals surface area contributed by atoms with Crippen molar-refractivity contribution in [3.05, 3.63) is 58.6 Å². The molecule has 1 aromatic carbocycles. The van der Waals surface area contributed by atoms with E-state index in [0.29, 0.717) is 18.5 Å². The summed E-state index contributed by atoms with van der Waals surface area (Å²) in [5.41, 5.74) is 6.03. The number of anilines is 1. The number of piperidine rings is 1. The van der Waals surface area contributed by atoms with Crippen molar-refractivity contribution in [2.75, 3.05) is 11.9 Å². The van der Waals surface area contributed by atoms with E-state index in [2.05, 4.69) is 10.3 Å². The highest BCUT2D eigenvalue weighted by Crippen LogP contribution is 2.35. The normalized spacial score (nSPS) is 18.9. The second kappa shape index (κ2) is 8.57. The van der Waals surface area contributed by atoms with E-state index in [0.717, 1.165) is 6.42 Å². The number of rotatable bonds is 3. The lowest BCUT2D eigenvalue weighted by atomic mass is 9.89. The number of aromatic nitrogens is 1. The number of halogens is 2. The topological polar surface area (TPSA) is 105 Å². The number of nitrogens with two attached hydrogens (primary N) is 1. The van der Waals surface area contributed by atoms with Crippen molar-refractivity contribution < 1.29 is 18.8 Å². The van der Waals surface area contributed by atoms with Gasteiger partial charge in [-0.2, -0.15) is 0 Å². The molecule has 0 bridgehead atoms. The van der Waals surface area contributed by atoms with E-state index in [1.165, 1.54) is 35.5 Å². The van der Waals surface area contributed by atoms with Gasteiger partial charge < -0.3 is 16.0 Å². The molecule has 2 heterocycles. The van der Waals surface area contributed by atoms with Crippen LogP contribution in [0.15, 0.2) is 36.7 Å². The van der Waals surface area contributed by atoms with Crippen molar-refractivity contribution in [2.45, 2.75) is 25.8 Å². The molecule has 0 spiro atoms. The number of benzene rings is 1. The average molecular weight is 419 g/mol. The molecule has 2 unspecified atom stereocenters. The molecule has 7 nitrogen and oxygen atoms in total. The number of pyridine rings is 1. The Bertz CT molecular complexity index is 948. The maximum atomic E-state index is 13.8. The minimum atomic E-state index is -0.880. The van der Waals surface area contributed by atoms with E-state index in [1.54, 1.807) is 6.07 Å². The standard InChI is InChI=1S/C20H20ClFN4O3/c1-11-2-3-17(12-4-14(21)7-15(22)5-12)26(10-11)20(29)19(28)25-16-6-13(18(23)27)8-24-9-16/h4-9,11,17H,2-3,10H2,1H3,(H2,23,27)(H,25,28). The number of carbonyl (C=O) groups is 3. The maximum absolute atomic E-state index is 13.8. The number of hydrogen-bond donors (Lipinski definition) is 2. The zero-order valence-electron chi connectivity index (χ0n) is 15.7. The van der Waals surface area contributed by atoms with Crippen LogP contribution in [0.2, 0.25) is 5.02 Å². The summed E-state index contributed by atoms with van der Waals surface area (Å²) in [4.78, 5) is 42.0. The minimum absolute atomic E-state index is 0.106. The SMILES string of the molecule is CC1CCC(c2cc(F)cc(Cl)c2)N(C(=O)C(=O)Nc2cncc(C(N)=O)c2)C1. The second-order valence-corrected chi connectivity index (χ2v) is 7.58. The number of nitrogens with one attached hydrogen (secondary N) is 1. The zero-order chi connectivity index (χ0) is 21.1. The summed E-state index contributed by atoms with van der Waals surface area (Å²) in [6.07, 6.45) is 3.98. The lowest BCUT2D eigenvalue weighted by Gasteiger charge is -2.38. The molecule has 0 radical (unpaired) electrons. The Labute approximate surface area is 172 Å². The van der Waals surface area contributed by atoms with E-state index in [1.807, 2.05) is 6.92 Å². The van der Waals surface area contributed by atoms with Crippen molar-refractivity contribution in [2.24, 2.45) is 11.7 Å². The van der Waals surface area contributed by atoms with E-state index in [-0.39, 0.29) is 22.2 Å². The van der Waals surface area contributed by atoms with E-state index >= 15 is 0 Å². The van der Waals surface area contributed by atoms with Crippen molar-refractivity contribution in [3.8, 4) is 0 Å². The van der Waals surface area contributed by atoms with Crippen LogP contribution in [-0.4, -0.2) is 34.2 Å². The third-order valence-corrected chi connectivity index (χ3v) is 5.04. The predicted molar refractivity (Wildman–Crippen MR) is 106 cm³/mol. The van der Waals surface area contributed by atoms with Crippen LogP contribution in [0.25, 0.3) is 0 Å². The third-order valence-electron chi connectivity index (χ3n) is 4.82. The molecular formula is C20H20ClFN4O3. The summed E-state index contributed by atoms with van der Waals surface area (Å²) in [6, 6.07) is 4.99. The highest BCUT2D eigenvalue weighted by molar-refractivity contribution is 6.39. The summed E-state index contributed by atoms with van der Waals surface area (Å²) < 4.78 is 13.8. The molecule has 152 valence electrons. The van der Waals surface area contributed by atoms with Crippen LogP contribution in [0.5, 0.6) is 0 Å². The van der Waals surface area contributed by atoms with Gasteiger partial charge in [0.1, 0.15) is 5.82 Å². The first-order chi connectivity index (χ1) is 13.7. The van der Waals surface area contributed by atoms with E-state index < -0.39 is 29.6 Å². The molecule has 3 rings (SSSR count). The Balaban J connectivity index is 1.83. The van der Waals surface area contributed by atoms with E-state index in [4.69, 9.17) is 17.3 Å². The van der Waals surface area contributed by atoms with Crippen LogP contribution in [0, 0.1) is 11.7 Å². The van der Waals surface area contributed by atoms with Crippen molar-refractivity contribution in [1.82, 2.24) is 9.88 Å². The first-order valence-electron chi connectivity index (χ1n) is 9.07. The Morgan fingerprint density at radius 2 is 1.97 bits per heavy atom. The third kappa shape index (κ3) is 4.89. The molecule has 1 fully saturated rings. The molecule has 29 heavy (non-hydrogen) atoms. The molecule has 9 heteroatoms. The number of primary amides is 1. The fourth-order valence-electron chi connectivity index (χ4n) is 3.45. The fraction of sp³-hybridized carbons (Fsp3) is 0.300. The first-order valence-corrected chi connectivity index (χ1v) is 9.45. The van der Waals surface area contributed by atoms with Gasteiger partial charge in [0.05, 0.1) is 23.5 Å². The van der Waals surface area contributed by atoms with Crippen molar-refractivity contribution in [3.63, 3.8) is 0 Å². The molecule has 2 atom stereocenters. The van der Waals surface area contributed by atoms with Crippen LogP contribution in [0.3, 0.4) is 0 Å². The van der Waals surface area contributed by atoms with Crippen LogP contribution in [0.1, 0.15) is 41.7 Å². The van der Waals surface area contributed by atoms with Crippen LogP contribution in [0.4, 0.5) is 10.1 Å². The molecule has 1 aliphatic heterocycles. The van der Waals surface area contributed by atoms with Gasteiger partial charge in [0.25, 0.3) is 0 Å². The van der Waals surface area contributed by atoms with Gasteiger partial charge in [-0.3, -0.25) is 19.4 Å². The summed E-state index contributed by atoms with van der Waals surface area (Å²) in [5.74, 6) is -2.65. The lowest BCUT2D eigenvalue weighted by molar-refractivity contribution is -0.146. The Hall–Kier alpha value is -3.00. The van der Waals surface area contributed by atoms with Gasteiger partial charge in [0.15, 0.2) is 0 Å². The summed E-state index contributed by atoms with van der Waals surface area (Å²) >= 11 is 5.97. The van der Waals surface area contributed by atoms with E-state index in [9.17, 15) is 18.8 Å². The zero-order valence-corrected chi connectivity index (χ0v) is 16.4. The smallest absolute Gasteiger partial charge is 0.313 e. The molecule has 3 amide bonds. The van der Waals surface area contributed by atoms with Crippen LogP contribution < -0.4 is 11.1 Å². The summed E-state index contributed by atoms with van der Waals surface area (Å²) in [6.45, 7) is 2.33. The number of amides is 3. The van der Waals surface area contributed by atoms with Gasteiger partial charge in [-0.15, -0.1) is 0 Å². The number of hydrogen-bond acceptors (Lipinski definition) is 4. The van der Waals surface area contributed by atoms with Crippen LogP contribution in [-0.2, 0) is 9.59 Å². The molecule has 1 aliphatic rings. The molecule has 0 saturated carbocycles. The van der Waals surface area contributed by atoms with Crippen LogP contribution >= 0.6 is 11.6 Å². The van der Waals surface area contributed by atoms with Crippen molar-refractivity contribution >= 4 is 35.0 Å². The highest BCUT2D eigenvalue weighted by Gasteiger charge is 2.34. The van der Waals surface area contributed by atoms with Gasteiger partial charge in [0, 0.05) is 17.8 Å². The molecule has 1 saturated heterocycles. The molecule has 0 aliphatic carbocycles. The summed E-state index contributed by atoms with van der Waals surface area (Å²) in [7, 11) is 0. The number of nitrogens with zero attached hydrogens (tertiary/aromatic N) is 2. The fourth-order valence-corrected chi connectivity index (χ4v) is 3.68. The Kier molecular flexibility index (Phi) is 6.12. The number of likely N-dealkylation sites (tertiary alicyclic amines) is 1. The quantitative estimate of drug-likeness (QED) is 0.747. The molecular weight excluding hydrogens is 399 g/mol. The second-order valence-electron chi connectivity index (χ2n) is 7.14. The number of carbonyl (C=O) groups excluding carboxylic acids is 3. The first kappa shape index (κ1) is 20.7. The van der Waals surface area contributed by atoms with Crippen molar-refractivity contribution in [1.29, 1.82) is 0 Å². The maximum Gasteiger partial charge on any atom is 0.313 e. The molecule has 3 N–H and O–H groups in total. The summed E-state index contributed by atoms with van der Waals surface area (Å²) in [5, 5.41) is 2.67. The lowest BCUT2D eigenvalue weighted by Crippen LogP contribution is -2.46. The Morgan fingerprint density at radius 1 is 1.21 bits per heavy atom. The van der Waals surface area contributed by atoms with Gasteiger partial charge in [-0.05, 0) is 48.6 Å². The predicted octanol–water partition coefficient (Wildman–Crippen LogP) is 2.91. The highest BCUT2D eigenvalue weighted by atomic mass is 35.5. The van der Waals surface area contributed by atoms with Gasteiger partial charge >= 0.3 is 11.8 Å². The van der Waals surface area contributed by atoms with Gasteiger partial charge in [-0.25, -0.2) is 4.39 Å². The average Bonchev–Trinajstić information content (AvgIpc) is 2.66. The largest absolute Gasteiger partial charge is 0.366 e. The molecule has 2 aromatic rings. The molecule has 1 aromatic heterocycles.